The van der Waals surface area contributed by atoms with Crippen LogP contribution >= 0.6 is 0 Å². The van der Waals surface area contributed by atoms with Gasteiger partial charge in [0.1, 0.15) is 0 Å². The molecule has 0 aromatic heterocycles. The second kappa shape index (κ2) is 4.51. The van der Waals surface area contributed by atoms with Crippen molar-refractivity contribution in [3.8, 4) is 0 Å². The summed E-state index contributed by atoms with van der Waals surface area (Å²) in [6, 6.07) is 3.60. The van der Waals surface area contributed by atoms with Gasteiger partial charge in [0.05, 0.1) is 0 Å². The van der Waals surface area contributed by atoms with E-state index in [1.54, 1.807) is 0 Å². The van der Waals surface area contributed by atoms with Gasteiger partial charge in [-0.15, -0.1) is 0 Å². The highest BCUT2D eigenvalue weighted by Gasteiger charge is 2.10. The molecule has 0 spiro atoms. The monoisotopic (exact) mass is 199 g/mol. The summed E-state index contributed by atoms with van der Waals surface area (Å²) in [6.07, 6.45) is 0.769. The van der Waals surface area contributed by atoms with Crippen LogP contribution in [0.1, 0.15) is 31.9 Å². The Bertz CT molecular complexity index is 310. The van der Waals surface area contributed by atoms with Crippen LogP contribution in [0.5, 0.6) is 0 Å². The molecule has 0 saturated carbocycles. The lowest BCUT2D eigenvalue weighted by Gasteiger charge is -2.14. The van der Waals surface area contributed by atoms with E-state index >= 15 is 0 Å². The molecule has 2 N–H and O–H groups in total. The van der Waals surface area contributed by atoms with Gasteiger partial charge in [0, 0.05) is 6.04 Å². The summed E-state index contributed by atoms with van der Waals surface area (Å²) in [5, 5.41) is 0. The zero-order valence-corrected chi connectivity index (χ0v) is 8.43. The van der Waals surface area contributed by atoms with E-state index in [9.17, 15) is 8.78 Å². The van der Waals surface area contributed by atoms with Crippen LogP contribution in [0.15, 0.2) is 18.2 Å². The minimum Gasteiger partial charge on any atom is -0.324 e. The molecule has 14 heavy (non-hydrogen) atoms. The third-order valence-electron chi connectivity index (χ3n) is 2.10. The molecule has 0 aliphatic rings. The highest BCUT2D eigenvalue weighted by Crippen LogP contribution is 2.20. The van der Waals surface area contributed by atoms with Crippen molar-refractivity contribution in [1.82, 2.24) is 0 Å². The van der Waals surface area contributed by atoms with Gasteiger partial charge in [0.2, 0.25) is 0 Å². The van der Waals surface area contributed by atoms with E-state index in [2.05, 4.69) is 0 Å². The molecule has 0 amide bonds. The Morgan fingerprint density at radius 1 is 1.21 bits per heavy atom. The standard InChI is InChI=1S/C11H15F2N/c1-7(2)5-11(14)8-3-4-9(12)10(13)6-8/h3-4,6-7,11H,5,14H2,1-2H3/t11-/m0/s1. The van der Waals surface area contributed by atoms with Crippen molar-refractivity contribution in [2.75, 3.05) is 0 Å². The van der Waals surface area contributed by atoms with Crippen molar-refractivity contribution in [3.05, 3.63) is 35.4 Å². The van der Waals surface area contributed by atoms with Gasteiger partial charge in [0.25, 0.3) is 0 Å². The molecule has 1 aromatic carbocycles. The molecule has 0 heterocycles. The van der Waals surface area contributed by atoms with Crippen molar-refractivity contribution in [3.63, 3.8) is 0 Å². The Labute approximate surface area is 82.9 Å². The predicted molar refractivity (Wildman–Crippen MR) is 52.7 cm³/mol. The molecule has 0 bridgehead atoms. The Morgan fingerprint density at radius 2 is 1.86 bits per heavy atom. The van der Waals surface area contributed by atoms with Crippen LogP contribution in [0.3, 0.4) is 0 Å². The average Bonchev–Trinajstić information content (AvgIpc) is 2.08. The molecule has 0 aliphatic heterocycles. The van der Waals surface area contributed by atoms with E-state index in [4.69, 9.17) is 5.73 Å². The summed E-state index contributed by atoms with van der Waals surface area (Å²) in [7, 11) is 0. The van der Waals surface area contributed by atoms with Gasteiger partial charge in [-0.05, 0) is 30.0 Å². The van der Waals surface area contributed by atoms with Gasteiger partial charge in [-0.25, -0.2) is 8.78 Å². The molecule has 1 aromatic rings. The molecule has 0 aliphatic carbocycles. The van der Waals surface area contributed by atoms with E-state index in [-0.39, 0.29) is 6.04 Å². The second-order valence-electron chi connectivity index (χ2n) is 3.91. The van der Waals surface area contributed by atoms with Crippen LogP contribution in [0.4, 0.5) is 8.78 Å². The topological polar surface area (TPSA) is 26.0 Å². The molecule has 1 nitrogen and oxygen atoms in total. The molecular weight excluding hydrogens is 184 g/mol. The number of benzene rings is 1. The first-order valence-electron chi connectivity index (χ1n) is 4.71. The Morgan fingerprint density at radius 3 is 2.36 bits per heavy atom. The Kier molecular flexibility index (Phi) is 3.58. The van der Waals surface area contributed by atoms with Gasteiger partial charge < -0.3 is 5.73 Å². The largest absolute Gasteiger partial charge is 0.324 e. The Balaban J connectivity index is 2.80. The van der Waals surface area contributed by atoms with Crippen LogP contribution < -0.4 is 5.73 Å². The molecule has 1 rings (SSSR count). The van der Waals surface area contributed by atoms with Gasteiger partial charge in [-0.2, -0.15) is 0 Å². The van der Waals surface area contributed by atoms with E-state index in [0.29, 0.717) is 11.5 Å². The molecular formula is C11H15F2N. The van der Waals surface area contributed by atoms with Crippen LogP contribution in [0, 0.1) is 17.6 Å². The molecule has 0 radical (unpaired) electrons. The van der Waals surface area contributed by atoms with Gasteiger partial charge in [-0.3, -0.25) is 0 Å². The number of hydrogen-bond acceptors (Lipinski definition) is 1. The maximum absolute atomic E-state index is 12.8. The highest BCUT2D eigenvalue weighted by molar-refractivity contribution is 5.20. The summed E-state index contributed by atoms with van der Waals surface area (Å²) in [5.41, 5.74) is 6.48. The fourth-order valence-electron chi connectivity index (χ4n) is 1.39. The van der Waals surface area contributed by atoms with E-state index < -0.39 is 11.6 Å². The van der Waals surface area contributed by atoms with Crippen molar-refractivity contribution in [1.29, 1.82) is 0 Å². The molecule has 0 fully saturated rings. The minimum absolute atomic E-state index is 0.218. The zero-order chi connectivity index (χ0) is 10.7. The van der Waals surface area contributed by atoms with Crippen LogP contribution in [0.2, 0.25) is 0 Å². The van der Waals surface area contributed by atoms with Crippen molar-refractivity contribution >= 4 is 0 Å². The van der Waals surface area contributed by atoms with Crippen LogP contribution in [0.25, 0.3) is 0 Å². The lowest BCUT2D eigenvalue weighted by Crippen LogP contribution is -2.13. The maximum atomic E-state index is 12.8. The quantitative estimate of drug-likeness (QED) is 0.795. The third kappa shape index (κ3) is 2.77. The van der Waals surface area contributed by atoms with Crippen molar-refractivity contribution < 1.29 is 8.78 Å². The first kappa shape index (κ1) is 11.1. The molecule has 0 unspecified atom stereocenters. The first-order valence-corrected chi connectivity index (χ1v) is 4.71. The second-order valence-corrected chi connectivity index (χ2v) is 3.91. The fourth-order valence-corrected chi connectivity index (χ4v) is 1.39. The zero-order valence-electron chi connectivity index (χ0n) is 8.43. The van der Waals surface area contributed by atoms with Crippen molar-refractivity contribution in [2.24, 2.45) is 11.7 Å². The number of halogens is 2. The van der Waals surface area contributed by atoms with Crippen LogP contribution in [-0.4, -0.2) is 0 Å². The van der Waals surface area contributed by atoms with Crippen molar-refractivity contribution in [2.45, 2.75) is 26.3 Å². The third-order valence-corrected chi connectivity index (χ3v) is 2.10. The highest BCUT2D eigenvalue weighted by atomic mass is 19.2. The van der Waals surface area contributed by atoms with E-state index in [1.165, 1.54) is 12.1 Å². The summed E-state index contributed by atoms with van der Waals surface area (Å²) >= 11 is 0. The summed E-state index contributed by atoms with van der Waals surface area (Å²) < 4.78 is 25.5. The van der Waals surface area contributed by atoms with E-state index in [1.807, 2.05) is 13.8 Å². The smallest absolute Gasteiger partial charge is 0.159 e. The van der Waals surface area contributed by atoms with Crippen LogP contribution in [-0.2, 0) is 0 Å². The Hall–Kier alpha value is -0.960. The molecule has 1 atom stereocenters. The first-order chi connectivity index (χ1) is 6.50. The number of nitrogens with two attached hydrogens (primary N) is 1. The summed E-state index contributed by atoms with van der Waals surface area (Å²) in [5.74, 6) is -1.22. The van der Waals surface area contributed by atoms with E-state index in [0.717, 1.165) is 12.5 Å². The average molecular weight is 199 g/mol. The lowest BCUT2D eigenvalue weighted by atomic mass is 9.98. The van der Waals surface area contributed by atoms with Gasteiger partial charge in [-0.1, -0.05) is 19.9 Å². The maximum Gasteiger partial charge on any atom is 0.159 e. The van der Waals surface area contributed by atoms with Gasteiger partial charge in [0.15, 0.2) is 11.6 Å². The SMILES string of the molecule is CC(C)C[C@H](N)c1ccc(F)c(F)c1. The fraction of sp³-hybridized carbons (Fsp3) is 0.455. The van der Waals surface area contributed by atoms with Gasteiger partial charge >= 0.3 is 0 Å². The minimum atomic E-state index is -0.832. The number of rotatable bonds is 3. The molecule has 0 saturated heterocycles. The molecule has 78 valence electrons. The predicted octanol–water partition coefficient (Wildman–Crippen LogP) is 3.01. The molecule has 3 heteroatoms. The summed E-state index contributed by atoms with van der Waals surface area (Å²) in [6.45, 7) is 4.08. The lowest BCUT2D eigenvalue weighted by molar-refractivity contribution is 0.489. The normalized spacial score (nSPS) is 13.3. The summed E-state index contributed by atoms with van der Waals surface area (Å²) in [4.78, 5) is 0. The number of hydrogen-bond donors (Lipinski definition) is 1.